The molecule has 152 valence electrons. The molecule has 0 bridgehead atoms. The number of carbonyl (C=O) groups is 1. The lowest BCUT2D eigenvalue weighted by atomic mass is 9.93. The van der Waals surface area contributed by atoms with Crippen LogP contribution < -0.4 is 5.43 Å². The van der Waals surface area contributed by atoms with E-state index in [1.54, 1.807) is 6.26 Å². The van der Waals surface area contributed by atoms with Crippen molar-refractivity contribution in [3.8, 4) is 0 Å². The highest BCUT2D eigenvalue weighted by atomic mass is 16.3. The number of aromatic nitrogens is 1. The molecular formula is C22H27N5O2. The number of nitrogens with one attached hydrogen (secondary N) is 2. The minimum atomic E-state index is -0.186. The van der Waals surface area contributed by atoms with Gasteiger partial charge in [-0.2, -0.15) is 5.10 Å². The van der Waals surface area contributed by atoms with Gasteiger partial charge in [0.05, 0.1) is 11.8 Å². The number of fused-ring (bicyclic) bond motifs is 1. The number of piperazine rings is 1. The molecule has 4 heterocycles. The molecule has 0 saturated carbocycles. The van der Waals surface area contributed by atoms with Crippen LogP contribution in [-0.4, -0.2) is 59.6 Å². The van der Waals surface area contributed by atoms with E-state index in [1.165, 1.54) is 29.7 Å². The topological polar surface area (TPSA) is 76.9 Å². The van der Waals surface area contributed by atoms with Crippen molar-refractivity contribution < 1.29 is 9.21 Å². The molecular weight excluding hydrogens is 366 g/mol. The quantitative estimate of drug-likeness (QED) is 0.781. The SMILES string of the molecule is CN1CCN(Cc2c(/C=C3/C(=O)NN=C3c3ccco3)[nH]c3c2CCCC3)CC1. The maximum atomic E-state index is 12.5. The van der Waals surface area contributed by atoms with Crippen LogP contribution in [0.2, 0.25) is 0 Å². The third-order valence-corrected chi connectivity index (χ3v) is 6.23. The molecule has 3 aliphatic rings. The summed E-state index contributed by atoms with van der Waals surface area (Å²) in [6.45, 7) is 5.27. The van der Waals surface area contributed by atoms with E-state index in [0.29, 0.717) is 17.0 Å². The predicted molar refractivity (Wildman–Crippen MR) is 112 cm³/mol. The van der Waals surface area contributed by atoms with E-state index < -0.39 is 0 Å². The molecule has 0 radical (unpaired) electrons. The predicted octanol–water partition coefficient (Wildman–Crippen LogP) is 2.15. The molecule has 5 rings (SSSR count). The third-order valence-electron chi connectivity index (χ3n) is 6.23. The Morgan fingerprint density at radius 2 is 2.03 bits per heavy atom. The van der Waals surface area contributed by atoms with Crippen LogP contribution in [0.15, 0.2) is 33.5 Å². The van der Waals surface area contributed by atoms with Crippen LogP contribution in [0.4, 0.5) is 0 Å². The summed E-state index contributed by atoms with van der Waals surface area (Å²) < 4.78 is 5.49. The first-order valence-electron chi connectivity index (χ1n) is 10.5. The van der Waals surface area contributed by atoms with Crippen molar-refractivity contribution in [3.05, 3.63) is 52.2 Å². The minimum absolute atomic E-state index is 0.186. The highest BCUT2D eigenvalue weighted by molar-refractivity contribution is 6.32. The summed E-state index contributed by atoms with van der Waals surface area (Å²) in [5, 5.41) is 4.20. The van der Waals surface area contributed by atoms with Crippen molar-refractivity contribution in [2.24, 2.45) is 5.10 Å². The standard InChI is InChI=1S/C22H27N5O2/c1-26-8-10-27(11-9-26)14-17-15-5-2-3-6-18(15)23-19(17)13-16-21(24-25-22(16)28)20-7-4-12-29-20/h4,7,12-13,23H,2-3,5-6,8-11,14H2,1H3,(H,25,28)/b16-13+. The van der Waals surface area contributed by atoms with Crippen LogP contribution >= 0.6 is 0 Å². The van der Waals surface area contributed by atoms with Gasteiger partial charge < -0.3 is 14.3 Å². The van der Waals surface area contributed by atoms with Crippen LogP contribution in [0.5, 0.6) is 0 Å². The van der Waals surface area contributed by atoms with Gasteiger partial charge in [-0.25, -0.2) is 5.43 Å². The van der Waals surface area contributed by atoms with Gasteiger partial charge in [0.25, 0.3) is 5.91 Å². The molecule has 0 unspecified atom stereocenters. The van der Waals surface area contributed by atoms with Gasteiger partial charge in [-0.3, -0.25) is 9.69 Å². The number of hydrogen-bond donors (Lipinski definition) is 2. The van der Waals surface area contributed by atoms with E-state index >= 15 is 0 Å². The second kappa shape index (κ2) is 7.65. The first-order chi connectivity index (χ1) is 14.2. The highest BCUT2D eigenvalue weighted by Crippen LogP contribution is 2.30. The molecule has 1 aliphatic carbocycles. The Kier molecular flexibility index (Phi) is 4.85. The number of H-pyrrole nitrogens is 1. The number of rotatable bonds is 4. The summed E-state index contributed by atoms with van der Waals surface area (Å²) in [7, 11) is 2.18. The normalized spacial score (nSPS) is 22.0. The maximum Gasteiger partial charge on any atom is 0.273 e. The lowest BCUT2D eigenvalue weighted by Crippen LogP contribution is -2.44. The maximum absolute atomic E-state index is 12.5. The third kappa shape index (κ3) is 3.56. The van der Waals surface area contributed by atoms with E-state index in [-0.39, 0.29) is 5.91 Å². The van der Waals surface area contributed by atoms with E-state index in [0.717, 1.165) is 51.3 Å². The summed E-state index contributed by atoms with van der Waals surface area (Å²) >= 11 is 0. The second-order valence-electron chi connectivity index (χ2n) is 8.20. The lowest BCUT2D eigenvalue weighted by molar-refractivity contribution is -0.116. The zero-order valence-electron chi connectivity index (χ0n) is 16.8. The molecule has 0 atom stereocenters. The van der Waals surface area contributed by atoms with Gasteiger partial charge in [0.2, 0.25) is 0 Å². The molecule has 0 aromatic carbocycles. The summed E-state index contributed by atoms with van der Waals surface area (Å²) in [5.41, 5.74) is 8.89. The number of furan rings is 1. The largest absolute Gasteiger partial charge is 0.463 e. The molecule has 2 aliphatic heterocycles. The van der Waals surface area contributed by atoms with E-state index in [9.17, 15) is 4.79 Å². The van der Waals surface area contributed by atoms with Crippen LogP contribution in [0, 0.1) is 0 Å². The van der Waals surface area contributed by atoms with Crippen molar-refractivity contribution in [1.82, 2.24) is 20.2 Å². The van der Waals surface area contributed by atoms with Gasteiger partial charge in [0, 0.05) is 44.1 Å². The van der Waals surface area contributed by atoms with Crippen molar-refractivity contribution in [2.45, 2.75) is 32.2 Å². The summed E-state index contributed by atoms with van der Waals surface area (Å²) in [4.78, 5) is 21.0. The number of amides is 1. The first kappa shape index (κ1) is 18.4. The van der Waals surface area contributed by atoms with Crippen LogP contribution in [-0.2, 0) is 24.2 Å². The fourth-order valence-electron chi connectivity index (χ4n) is 4.52. The van der Waals surface area contributed by atoms with Gasteiger partial charge in [-0.1, -0.05) is 0 Å². The summed E-state index contributed by atoms with van der Waals surface area (Å²) in [6.07, 6.45) is 8.22. The summed E-state index contributed by atoms with van der Waals surface area (Å²) in [6, 6.07) is 3.64. The van der Waals surface area contributed by atoms with Gasteiger partial charge in [0.15, 0.2) is 5.76 Å². The average Bonchev–Trinajstić information content (AvgIpc) is 3.45. The zero-order valence-corrected chi connectivity index (χ0v) is 16.8. The van der Waals surface area contributed by atoms with E-state index in [4.69, 9.17) is 4.42 Å². The molecule has 29 heavy (non-hydrogen) atoms. The van der Waals surface area contributed by atoms with Gasteiger partial charge in [-0.15, -0.1) is 0 Å². The van der Waals surface area contributed by atoms with Crippen LogP contribution in [0.3, 0.4) is 0 Å². The summed E-state index contributed by atoms with van der Waals surface area (Å²) in [5.74, 6) is 0.418. The molecule has 7 nitrogen and oxygen atoms in total. The highest BCUT2D eigenvalue weighted by Gasteiger charge is 2.28. The lowest BCUT2D eigenvalue weighted by Gasteiger charge is -2.32. The Bertz CT molecular complexity index is 962. The Hall–Kier alpha value is -2.64. The van der Waals surface area contributed by atoms with Gasteiger partial charge in [0.1, 0.15) is 5.71 Å². The van der Waals surface area contributed by atoms with Crippen LogP contribution in [0.25, 0.3) is 6.08 Å². The Balaban J connectivity index is 1.51. The minimum Gasteiger partial charge on any atom is -0.463 e. The monoisotopic (exact) mass is 393 g/mol. The molecule has 2 aromatic heterocycles. The number of aryl methyl sites for hydroxylation is 1. The fourth-order valence-corrected chi connectivity index (χ4v) is 4.52. The van der Waals surface area contributed by atoms with Crippen molar-refractivity contribution in [1.29, 1.82) is 0 Å². The molecule has 1 amide bonds. The Morgan fingerprint density at radius 1 is 1.21 bits per heavy atom. The van der Waals surface area contributed by atoms with Crippen LogP contribution in [0.1, 0.15) is 41.1 Å². The molecule has 2 aromatic rings. The van der Waals surface area contributed by atoms with Crippen molar-refractivity contribution in [2.75, 3.05) is 33.2 Å². The molecule has 1 fully saturated rings. The zero-order chi connectivity index (χ0) is 19.8. The second-order valence-corrected chi connectivity index (χ2v) is 8.20. The Morgan fingerprint density at radius 3 is 2.83 bits per heavy atom. The molecule has 2 N–H and O–H groups in total. The number of carbonyl (C=O) groups excluding carboxylic acids is 1. The molecule has 7 heteroatoms. The number of likely N-dealkylation sites (N-methyl/N-ethyl adjacent to an activating group) is 1. The van der Waals surface area contributed by atoms with E-state index in [2.05, 4.69) is 32.4 Å². The number of hydrogen-bond acceptors (Lipinski definition) is 5. The Labute approximate surface area is 170 Å². The molecule has 0 spiro atoms. The van der Waals surface area contributed by atoms with Crippen molar-refractivity contribution >= 4 is 17.7 Å². The smallest absolute Gasteiger partial charge is 0.273 e. The average molecular weight is 393 g/mol. The van der Waals surface area contributed by atoms with Gasteiger partial charge >= 0.3 is 0 Å². The molecule has 1 saturated heterocycles. The van der Waals surface area contributed by atoms with E-state index in [1.807, 2.05) is 18.2 Å². The van der Waals surface area contributed by atoms with Gasteiger partial charge in [-0.05, 0) is 62.1 Å². The number of aromatic amines is 1. The van der Waals surface area contributed by atoms with Crippen molar-refractivity contribution in [3.63, 3.8) is 0 Å². The first-order valence-corrected chi connectivity index (χ1v) is 10.5. The number of hydrazone groups is 1. The fraction of sp³-hybridized carbons (Fsp3) is 0.455. The number of nitrogens with zero attached hydrogens (tertiary/aromatic N) is 3.